The predicted octanol–water partition coefficient (Wildman–Crippen LogP) is 5.27. The van der Waals surface area contributed by atoms with Gasteiger partial charge in [0.1, 0.15) is 11.0 Å². The Morgan fingerprint density at radius 1 is 1.23 bits per heavy atom. The van der Waals surface area contributed by atoms with Gasteiger partial charge >= 0.3 is 0 Å². The zero-order valence-corrected chi connectivity index (χ0v) is 15.4. The monoisotopic (exact) mass is 361 g/mol. The Kier molecular flexibility index (Phi) is 7.74. The van der Waals surface area contributed by atoms with E-state index in [4.69, 9.17) is 23.2 Å². The molecule has 1 rings (SSSR count). The molecule has 1 aromatic rings. The van der Waals surface area contributed by atoms with Crippen LogP contribution in [0.3, 0.4) is 0 Å². The normalized spacial score (nSPS) is 13.5. The molecule has 22 heavy (non-hydrogen) atoms. The number of Topliss-reactive ketones (excluding diaryl/α,β-unsaturated/α-hetero) is 1. The summed E-state index contributed by atoms with van der Waals surface area (Å²) in [5, 5.41) is 0.839. The van der Waals surface area contributed by atoms with E-state index in [2.05, 4.69) is 4.40 Å². The van der Waals surface area contributed by atoms with Gasteiger partial charge in [-0.05, 0) is 58.2 Å². The highest BCUT2D eigenvalue weighted by Gasteiger charge is 2.17. The summed E-state index contributed by atoms with van der Waals surface area (Å²) in [4.78, 5) is 12.0. The van der Waals surface area contributed by atoms with Gasteiger partial charge in [-0.3, -0.25) is 4.79 Å². The summed E-state index contributed by atoms with van der Waals surface area (Å²) in [6, 6.07) is 4.91. The molecule has 0 spiro atoms. The third-order valence-corrected chi connectivity index (χ3v) is 5.05. The minimum atomic E-state index is -1.21. The summed E-state index contributed by atoms with van der Waals surface area (Å²) in [5.74, 6) is 0.0498. The number of nitrogens with zero attached hydrogens (tertiary/aromatic N) is 1. The summed E-state index contributed by atoms with van der Waals surface area (Å²) in [7, 11) is -1.21. The first-order valence-corrected chi connectivity index (χ1v) is 9.01. The highest BCUT2D eigenvalue weighted by molar-refractivity contribution is 7.85. The lowest BCUT2D eigenvalue weighted by molar-refractivity contribution is 0.0979. The number of hydrogen-bond donors (Lipinski definition) is 0. The maximum atomic E-state index is 12.0. The van der Waals surface area contributed by atoms with E-state index in [9.17, 15) is 9.00 Å². The Morgan fingerprint density at radius 2 is 1.91 bits per heavy atom. The van der Waals surface area contributed by atoms with Gasteiger partial charge in [-0.15, -0.1) is 0 Å². The molecular weight excluding hydrogens is 341 g/mol. The van der Waals surface area contributed by atoms with Crippen molar-refractivity contribution >= 4 is 46.2 Å². The summed E-state index contributed by atoms with van der Waals surface area (Å²) >= 11 is 11.7. The number of benzene rings is 1. The number of carbonyl (C=O) groups excluding carboxylic acids is 1. The van der Waals surface area contributed by atoms with Crippen LogP contribution < -0.4 is 0 Å². The maximum absolute atomic E-state index is 12.0. The van der Waals surface area contributed by atoms with Crippen LogP contribution >= 0.6 is 23.2 Å². The Morgan fingerprint density at radius 3 is 2.50 bits per heavy atom. The highest BCUT2D eigenvalue weighted by atomic mass is 35.5. The minimum Gasteiger partial charge on any atom is -0.294 e. The summed E-state index contributed by atoms with van der Waals surface area (Å²) < 4.78 is 15.4. The molecule has 3 nitrogen and oxygen atoms in total. The first kappa shape index (κ1) is 19.3. The second kappa shape index (κ2) is 8.80. The van der Waals surface area contributed by atoms with Crippen molar-refractivity contribution in [1.82, 2.24) is 0 Å². The van der Waals surface area contributed by atoms with Crippen LogP contribution in [0.25, 0.3) is 0 Å². The van der Waals surface area contributed by atoms with Crippen molar-refractivity contribution < 1.29 is 9.00 Å². The fourth-order valence-electron chi connectivity index (χ4n) is 1.61. The smallest absolute Gasteiger partial charge is 0.162 e. The zero-order chi connectivity index (χ0) is 16.8. The molecule has 0 aliphatic rings. The van der Waals surface area contributed by atoms with Gasteiger partial charge in [-0.1, -0.05) is 23.2 Å². The summed E-state index contributed by atoms with van der Waals surface area (Å²) in [6.45, 7) is 5.66. The van der Waals surface area contributed by atoms with Crippen LogP contribution in [0.15, 0.2) is 22.6 Å². The maximum Gasteiger partial charge on any atom is 0.162 e. The number of unbranched alkanes of at least 4 members (excludes halogenated alkanes) is 2. The van der Waals surface area contributed by atoms with E-state index < -0.39 is 11.0 Å². The van der Waals surface area contributed by atoms with E-state index in [0.717, 1.165) is 19.3 Å². The molecule has 0 radical (unpaired) electrons. The van der Waals surface area contributed by atoms with Crippen LogP contribution in [0, 0.1) is 0 Å². The zero-order valence-electron chi connectivity index (χ0n) is 13.1. The molecule has 1 aromatic carbocycles. The van der Waals surface area contributed by atoms with Crippen molar-refractivity contribution in [2.24, 2.45) is 4.40 Å². The molecule has 0 unspecified atom stereocenters. The lowest BCUT2D eigenvalue weighted by Gasteiger charge is -2.12. The average molecular weight is 362 g/mol. The summed E-state index contributed by atoms with van der Waals surface area (Å²) in [5.41, 5.74) is 0.580. The molecule has 122 valence electrons. The molecule has 0 aliphatic heterocycles. The number of ketones is 1. The van der Waals surface area contributed by atoms with Gasteiger partial charge in [0.25, 0.3) is 0 Å². The number of rotatable bonds is 7. The molecule has 1 atom stereocenters. The molecule has 0 heterocycles. The van der Waals surface area contributed by atoms with Gasteiger partial charge in [-0.25, -0.2) is 4.21 Å². The first-order chi connectivity index (χ1) is 10.2. The largest absolute Gasteiger partial charge is 0.294 e. The standard InChI is InChI=1S/C16H21Cl2NO2S/c1-16(2,3)22(21)19-10-6-4-5-7-15(20)12-8-9-13(17)14(18)11-12/h8-11H,4-7H2,1-3H3/b19-10+/t22-/m1/s1. The van der Waals surface area contributed by atoms with E-state index in [-0.39, 0.29) is 10.5 Å². The van der Waals surface area contributed by atoms with Crippen LogP contribution in [0.1, 0.15) is 56.8 Å². The molecule has 0 amide bonds. The van der Waals surface area contributed by atoms with Crippen LogP contribution in [-0.2, 0) is 11.0 Å². The Labute approximate surface area is 144 Å². The molecule has 0 saturated carbocycles. The third kappa shape index (κ3) is 6.59. The molecule has 0 N–H and O–H groups in total. The molecule has 0 saturated heterocycles. The van der Waals surface area contributed by atoms with E-state index >= 15 is 0 Å². The fraction of sp³-hybridized carbons (Fsp3) is 0.500. The van der Waals surface area contributed by atoms with Crippen LogP contribution in [0.4, 0.5) is 0 Å². The first-order valence-electron chi connectivity index (χ1n) is 7.14. The lowest BCUT2D eigenvalue weighted by Crippen LogP contribution is -2.19. The molecule has 6 heteroatoms. The molecule has 0 aliphatic carbocycles. The second-order valence-corrected chi connectivity index (χ2v) is 8.70. The molecule has 0 aromatic heterocycles. The van der Waals surface area contributed by atoms with E-state index in [1.54, 1.807) is 24.4 Å². The van der Waals surface area contributed by atoms with Gasteiger partial charge in [0.2, 0.25) is 0 Å². The van der Waals surface area contributed by atoms with Crippen molar-refractivity contribution in [3.63, 3.8) is 0 Å². The third-order valence-electron chi connectivity index (χ3n) is 2.92. The highest BCUT2D eigenvalue weighted by Crippen LogP contribution is 2.23. The molecular formula is C16H21Cl2NO2S. The fourth-order valence-corrected chi connectivity index (χ4v) is 2.47. The van der Waals surface area contributed by atoms with Crippen molar-refractivity contribution in [3.05, 3.63) is 33.8 Å². The van der Waals surface area contributed by atoms with Crippen molar-refractivity contribution in [3.8, 4) is 0 Å². The topological polar surface area (TPSA) is 46.5 Å². The van der Waals surface area contributed by atoms with Crippen molar-refractivity contribution in [2.75, 3.05) is 0 Å². The summed E-state index contributed by atoms with van der Waals surface area (Å²) in [6.07, 6.45) is 4.45. The number of carbonyl (C=O) groups is 1. The van der Waals surface area contributed by atoms with Gasteiger partial charge in [0.15, 0.2) is 5.78 Å². The number of halogens is 2. The van der Waals surface area contributed by atoms with Crippen LogP contribution in [-0.4, -0.2) is 21.0 Å². The number of hydrogen-bond acceptors (Lipinski definition) is 2. The minimum absolute atomic E-state index is 0.0498. The second-order valence-electron chi connectivity index (χ2n) is 5.95. The SMILES string of the molecule is CC(C)(C)[S@@](=O)/N=C/CCCCC(=O)c1ccc(Cl)c(Cl)c1. The van der Waals surface area contributed by atoms with E-state index in [0.29, 0.717) is 22.0 Å². The Hall–Kier alpha value is -0.710. The van der Waals surface area contributed by atoms with Gasteiger partial charge in [0, 0.05) is 18.2 Å². The average Bonchev–Trinajstić information content (AvgIpc) is 2.44. The van der Waals surface area contributed by atoms with E-state index in [1.165, 1.54) is 0 Å². The predicted molar refractivity (Wildman–Crippen MR) is 95.6 cm³/mol. The quantitative estimate of drug-likeness (QED) is 0.377. The molecule has 0 bridgehead atoms. The lowest BCUT2D eigenvalue weighted by atomic mass is 10.1. The van der Waals surface area contributed by atoms with Crippen LogP contribution in [0.5, 0.6) is 0 Å². The Balaban J connectivity index is 2.33. The van der Waals surface area contributed by atoms with Crippen LogP contribution in [0.2, 0.25) is 10.0 Å². The van der Waals surface area contributed by atoms with Gasteiger partial charge < -0.3 is 0 Å². The van der Waals surface area contributed by atoms with Gasteiger partial charge in [0.05, 0.1) is 14.8 Å². The molecule has 0 fully saturated rings. The van der Waals surface area contributed by atoms with Crippen molar-refractivity contribution in [2.45, 2.75) is 51.2 Å². The van der Waals surface area contributed by atoms with Gasteiger partial charge in [-0.2, -0.15) is 4.40 Å². The van der Waals surface area contributed by atoms with Crippen molar-refractivity contribution in [1.29, 1.82) is 0 Å². The Bertz CT molecular complexity index is 580. The van der Waals surface area contributed by atoms with E-state index in [1.807, 2.05) is 20.8 Å².